The smallest absolute Gasteiger partial charge is 0.319 e. The van der Waals surface area contributed by atoms with Crippen molar-refractivity contribution in [3.05, 3.63) is 16.1 Å². The zero-order valence-corrected chi connectivity index (χ0v) is 13.5. The summed E-state index contributed by atoms with van der Waals surface area (Å²) in [6.45, 7) is 9.85. The van der Waals surface area contributed by atoms with Gasteiger partial charge in [0.05, 0.1) is 18.2 Å². The first-order valence-corrected chi connectivity index (χ1v) is 7.43. The van der Waals surface area contributed by atoms with E-state index < -0.39 is 17.3 Å². The van der Waals surface area contributed by atoms with Crippen LogP contribution in [0.4, 0.5) is 0 Å². The van der Waals surface area contributed by atoms with Crippen LogP contribution in [0.3, 0.4) is 0 Å². The Bertz CT molecular complexity index is 477. The first kappa shape index (κ1) is 16.6. The highest BCUT2D eigenvalue weighted by atomic mass is 32.1. The van der Waals surface area contributed by atoms with Crippen LogP contribution in [0.2, 0.25) is 0 Å². The Balaban J connectivity index is 2.71. The molecule has 0 aromatic carbocycles. The van der Waals surface area contributed by atoms with E-state index in [1.54, 1.807) is 13.1 Å². The number of aryl methyl sites for hydroxylation is 1. The number of hydrogen-bond acceptors (Lipinski definition) is 5. The predicted molar refractivity (Wildman–Crippen MR) is 78.3 cm³/mol. The molecule has 0 aliphatic rings. The molecule has 1 amide bonds. The highest BCUT2D eigenvalue weighted by Crippen LogP contribution is 2.27. The third kappa shape index (κ3) is 4.59. The summed E-state index contributed by atoms with van der Waals surface area (Å²) in [4.78, 5) is 29.3. The minimum atomic E-state index is -0.809. The lowest BCUT2D eigenvalue weighted by Crippen LogP contribution is -2.43. The number of aromatic nitrogens is 1. The fraction of sp³-hybridized carbons (Fsp3) is 0.643. The quantitative estimate of drug-likeness (QED) is 0.669. The lowest BCUT2D eigenvalue weighted by molar-refractivity contribution is -0.156. The topological polar surface area (TPSA) is 68.3 Å². The van der Waals surface area contributed by atoms with Crippen molar-refractivity contribution in [3.8, 4) is 0 Å². The molecule has 0 bridgehead atoms. The standard InChI is InChI=1S/C14H22N2O3S/c1-6-19-13(18)11(14(3,4)5)12(17)16-8-10-7-15-9(2)20-10/h7,11H,6,8H2,1-5H3,(H,16,17). The molecular formula is C14H22N2O3S. The van der Waals surface area contributed by atoms with Crippen LogP contribution in [-0.4, -0.2) is 23.5 Å². The predicted octanol–water partition coefficient (Wildman–Crippen LogP) is 2.29. The molecule has 6 heteroatoms. The number of carbonyl (C=O) groups excluding carboxylic acids is 2. The maximum absolute atomic E-state index is 12.3. The number of esters is 1. The summed E-state index contributed by atoms with van der Waals surface area (Å²) >= 11 is 1.53. The summed E-state index contributed by atoms with van der Waals surface area (Å²) in [6.07, 6.45) is 1.73. The van der Waals surface area contributed by atoms with E-state index in [1.807, 2.05) is 27.7 Å². The average molecular weight is 298 g/mol. The first-order chi connectivity index (χ1) is 9.25. The van der Waals surface area contributed by atoms with Gasteiger partial charge in [-0.3, -0.25) is 9.59 Å². The van der Waals surface area contributed by atoms with Crippen LogP contribution in [-0.2, 0) is 20.9 Å². The van der Waals surface area contributed by atoms with Gasteiger partial charge in [0.1, 0.15) is 5.92 Å². The fourth-order valence-corrected chi connectivity index (χ4v) is 2.58. The van der Waals surface area contributed by atoms with Crippen LogP contribution in [0.5, 0.6) is 0 Å². The molecule has 112 valence electrons. The van der Waals surface area contributed by atoms with Gasteiger partial charge < -0.3 is 10.1 Å². The molecule has 0 aliphatic heterocycles. The molecule has 0 spiro atoms. The monoisotopic (exact) mass is 298 g/mol. The van der Waals surface area contributed by atoms with Crippen molar-refractivity contribution >= 4 is 23.2 Å². The Kier molecular flexibility index (Phi) is 5.68. The molecule has 5 nitrogen and oxygen atoms in total. The van der Waals surface area contributed by atoms with Crippen molar-refractivity contribution in [2.45, 2.75) is 41.2 Å². The maximum atomic E-state index is 12.3. The second-order valence-electron chi connectivity index (χ2n) is 5.61. The van der Waals surface area contributed by atoms with E-state index in [9.17, 15) is 9.59 Å². The number of thiazole rings is 1. The van der Waals surface area contributed by atoms with Crippen molar-refractivity contribution in [2.24, 2.45) is 11.3 Å². The van der Waals surface area contributed by atoms with Crippen molar-refractivity contribution in [2.75, 3.05) is 6.61 Å². The van der Waals surface area contributed by atoms with Crippen LogP contribution in [0.1, 0.15) is 37.6 Å². The lowest BCUT2D eigenvalue weighted by atomic mass is 9.80. The Hall–Kier alpha value is -1.43. The van der Waals surface area contributed by atoms with E-state index in [1.165, 1.54) is 11.3 Å². The van der Waals surface area contributed by atoms with Gasteiger partial charge in [0.25, 0.3) is 0 Å². The number of carbonyl (C=O) groups is 2. The maximum Gasteiger partial charge on any atom is 0.319 e. The van der Waals surface area contributed by atoms with Gasteiger partial charge in [0.15, 0.2) is 0 Å². The Morgan fingerprint density at radius 1 is 1.45 bits per heavy atom. The number of ether oxygens (including phenoxy) is 1. The average Bonchev–Trinajstić information content (AvgIpc) is 2.71. The van der Waals surface area contributed by atoms with Gasteiger partial charge in [0, 0.05) is 11.1 Å². The van der Waals surface area contributed by atoms with Gasteiger partial charge in [0.2, 0.25) is 5.91 Å². The van der Waals surface area contributed by atoms with Crippen molar-refractivity contribution in [1.82, 2.24) is 10.3 Å². The zero-order chi connectivity index (χ0) is 15.3. The zero-order valence-electron chi connectivity index (χ0n) is 12.6. The molecular weight excluding hydrogens is 276 g/mol. The number of nitrogens with zero attached hydrogens (tertiary/aromatic N) is 1. The summed E-state index contributed by atoms with van der Waals surface area (Å²) in [5.41, 5.74) is -0.486. The molecule has 1 unspecified atom stereocenters. The van der Waals surface area contributed by atoms with Crippen molar-refractivity contribution < 1.29 is 14.3 Å². The Morgan fingerprint density at radius 3 is 2.55 bits per heavy atom. The molecule has 1 N–H and O–H groups in total. The molecule has 0 saturated heterocycles. The lowest BCUT2D eigenvalue weighted by Gasteiger charge is -2.27. The van der Waals surface area contributed by atoms with Gasteiger partial charge in [-0.05, 0) is 19.3 Å². The van der Waals surface area contributed by atoms with E-state index in [-0.39, 0.29) is 12.5 Å². The highest BCUT2D eigenvalue weighted by Gasteiger charge is 2.38. The fourth-order valence-electron chi connectivity index (χ4n) is 1.84. The Labute approximate surface area is 123 Å². The molecule has 0 radical (unpaired) electrons. The molecule has 0 fully saturated rings. The summed E-state index contributed by atoms with van der Waals surface area (Å²) in [6, 6.07) is 0. The van der Waals surface area contributed by atoms with Crippen LogP contribution in [0.15, 0.2) is 6.20 Å². The van der Waals surface area contributed by atoms with Gasteiger partial charge >= 0.3 is 5.97 Å². The summed E-state index contributed by atoms with van der Waals surface area (Å²) in [5, 5.41) is 3.74. The van der Waals surface area contributed by atoms with E-state index in [4.69, 9.17) is 4.74 Å². The normalized spacial score (nSPS) is 12.8. The molecule has 1 aromatic heterocycles. The number of hydrogen-bond donors (Lipinski definition) is 1. The SMILES string of the molecule is CCOC(=O)C(C(=O)NCc1cnc(C)s1)C(C)(C)C. The Morgan fingerprint density at radius 2 is 2.10 bits per heavy atom. The molecule has 0 aliphatic carbocycles. The van der Waals surface area contributed by atoms with Crippen LogP contribution >= 0.6 is 11.3 Å². The van der Waals surface area contributed by atoms with Gasteiger partial charge in [-0.2, -0.15) is 0 Å². The van der Waals surface area contributed by atoms with Crippen LogP contribution in [0.25, 0.3) is 0 Å². The first-order valence-electron chi connectivity index (χ1n) is 6.61. The third-order valence-corrected chi connectivity index (χ3v) is 3.67. The number of rotatable bonds is 5. The minimum Gasteiger partial charge on any atom is -0.465 e. The molecule has 1 atom stereocenters. The second-order valence-corrected chi connectivity index (χ2v) is 6.93. The molecule has 1 rings (SSSR count). The summed E-state index contributed by atoms with van der Waals surface area (Å²) in [7, 11) is 0. The van der Waals surface area contributed by atoms with E-state index in [2.05, 4.69) is 10.3 Å². The summed E-state index contributed by atoms with van der Waals surface area (Å²) in [5.74, 6) is -1.59. The largest absolute Gasteiger partial charge is 0.465 e. The molecule has 20 heavy (non-hydrogen) atoms. The van der Waals surface area contributed by atoms with Crippen LogP contribution in [0, 0.1) is 18.3 Å². The minimum absolute atomic E-state index is 0.271. The molecule has 1 heterocycles. The van der Waals surface area contributed by atoms with E-state index in [0.717, 1.165) is 9.88 Å². The van der Waals surface area contributed by atoms with Gasteiger partial charge in [-0.1, -0.05) is 20.8 Å². The number of amides is 1. The van der Waals surface area contributed by atoms with Crippen LogP contribution < -0.4 is 5.32 Å². The third-order valence-electron chi connectivity index (χ3n) is 2.76. The second kappa shape index (κ2) is 6.83. The van der Waals surface area contributed by atoms with Gasteiger partial charge in [-0.25, -0.2) is 4.98 Å². The van der Waals surface area contributed by atoms with E-state index >= 15 is 0 Å². The molecule has 1 aromatic rings. The van der Waals surface area contributed by atoms with Gasteiger partial charge in [-0.15, -0.1) is 11.3 Å². The summed E-state index contributed by atoms with van der Waals surface area (Å²) < 4.78 is 5.00. The van der Waals surface area contributed by atoms with E-state index in [0.29, 0.717) is 6.54 Å². The highest BCUT2D eigenvalue weighted by molar-refractivity contribution is 7.11. The molecule has 0 saturated carbocycles. The number of nitrogens with one attached hydrogen (secondary N) is 1. The van der Waals surface area contributed by atoms with Crippen molar-refractivity contribution in [3.63, 3.8) is 0 Å². The van der Waals surface area contributed by atoms with Crippen molar-refractivity contribution in [1.29, 1.82) is 0 Å².